The van der Waals surface area contributed by atoms with E-state index in [0.29, 0.717) is 11.3 Å². The molecule has 0 unspecified atom stereocenters. The second-order valence-corrected chi connectivity index (χ2v) is 6.73. The first-order valence-corrected chi connectivity index (χ1v) is 7.61. The van der Waals surface area contributed by atoms with Crippen LogP contribution in [0.1, 0.15) is 11.1 Å². The summed E-state index contributed by atoms with van der Waals surface area (Å²) >= 11 is 0. The lowest BCUT2D eigenvalue weighted by Gasteiger charge is -2.20. The number of sulfonamides is 1. The van der Waals surface area contributed by atoms with Gasteiger partial charge in [-0.3, -0.25) is 4.31 Å². The van der Waals surface area contributed by atoms with Crippen molar-refractivity contribution in [2.75, 3.05) is 11.4 Å². The maximum absolute atomic E-state index is 12.5. The summed E-state index contributed by atoms with van der Waals surface area (Å²) in [5, 5.41) is 9.51. The van der Waals surface area contributed by atoms with E-state index in [4.69, 9.17) is 0 Å². The van der Waals surface area contributed by atoms with Crippen LogP contribution in [0.2, 0.25) is 0 Å². The smallest absolute Gasteiger partial charge is 0.264 e. The number of benzene rings is 2. The molecule has 1 N–H and O–H groups in total. The fourth-order valence-corrected chi connectivity index (χ4v) is 3.03. The van der Waals surface area contributed by atoms with Gasteiger partial charge in [-0.2, -0.15) is 0 Å². The lowest BCUT2D eigenvalue weighted by molar-refractivity contribution is 0.471. The Hall–Kier alpha value is -2.01. The van der Waals surface area contributed by atoms with Gasteiger partial charge < -0.3 is 5.11 Å². The molecule has 0 spiro atoms. The van der Waals surface area contributed by atoms with Gasteiger partial charge in [-0.05, 0) is 49.7 Å². The van der Waals surface area contributed by atoms with Gasteiger partial charge in [0.2, 0.25) is 0 Å². The molecule has 106 valence electrons. The lowest BCUT2D eigenvalue weighted by Crippen LogP contribution is -2.26. The van der Waals surface area contributed by atoms with Gasteiger partial charge in [0.15, 0.2) is 0 Å². The van der Waals surface area contributed by atoms with Gasteiger partial charge in [0.05, 0.1) is 10.6 Å². The molecule has 2 aromatic carbocycles. The van der Waals surface area contributed by atoms with E-state index in [-0.39, 0.29) is 10.6 Å². The zero-order valence-electron chi connectivity index (χ0n) is 11.7. The Morgan fingerprint density at radius 3 is 2.15 bits per heavy atom. The minimum atomic E-state index is -3.59. The van der Waals surface area contributed by atoms with Crippen LogP contribution >= 0.6 is 0 Å². The molecule has 0 bridgehead atoms. The highest BCUT2D eigenvalue weighted by molar-refractivity contribution is 7.92. The molecule has 0 aromatic heterocycles. The largest absolute Gasteiger partial charge is 0.508 e. The van der Waals surface area contributed by atoms with Crippen LogP contribution in [0, 0.1) is 13.8 Å². The van der Waals surface area contributed by atoms with Crippen molar-refractivity contribution < 1.29 is 13.5 Å². The summed E-state index contributed by atoms with van der Waals surface area (Å²) < 4.78 is 26.2. The fraction of sp³-hybridized carbons (Fsp3) is 0.200. The molecule has 5 heteroatoms. The Labute approximate surface area is 119 Å². The van der Waals surface area contributed by atoms with Gasteiger partial charge in [0, 0.05) is 7.05 Å². The predicted octanol–water partition coefficient (Wildman–Crippen LogP) is 2.83. The van der Waals surface area contributed by atoms with Gasteiger partial charge >= 0.3 is 0 Å². The average molecular weight is 291 g/mol. The van der Waals surface area contributed by atoms with E-state index in [0.717, 1.165) is 5.56 Å². The van der Waals surface area contributed by atoms with E-state index in [9.17, 15) is 13.5 Å². The summed E-state index contributed by atoms with van der Waals surface area (Å²) in [6, 6.07) is 11.4. The van der Waals surface area contributed by atoms with Crippen molar-refractivity contribution in [3.63, 3.8) is 0 Å². The second-order valence-electron chi connectivity index (χ2n) is 4.76. The summed E-state index contributed by atoms with van der Waals surface area (Å²) in [7, 11) is -2.09. The first-order chi connectivity index (χ1) is 9.32. The van der Waals surface area contributed by atoms with Crippen LogP contribution < -0.4 is 4.31 Å². The lowest BCUT2D eigenvalue weighted by atomic mass is 10.2. The van der Waals surface area contributed by atoms with Crippen molar-refractivity contribution in [1.82, 2.24) is 0 Å². The highest BCUT2D eigenvalue weighted by Crippen LogP contribution is 2.26. The monoisotopic (exact) mass is 291 g/mol. The molecular formula is C15H17NO3S. The molecule has 2 aromatic rings. The second kappa shape index (κ2) is 5.17. The molecule has 4 nitrogen and oxygen atoms in total. The number of hydrogen-bond donors (Lipinski definition) is 1. The van der Waals surface area contributed by atoms with Crippen LogP contribution in [0.5, 0.6) is 5.75 Å². The number of hydrogen-bond acceptors (Lipinski definition) is 3. The summed E-state index contributed by atoms with van der Waals surface area (Å²) in [5.74, 6) is 0.148. The highest BCUT2D eigenvalue weighted by atomic mass is 32.2. The van der Waals surface area contributed by atoms with Crippen molar-refractivity contribution in [1.29, 1.82) is 0 Å². The molecule has 0 radical (unpaired) electrons. The van der Waals surface area contributed by atoms with Crippen LogP contribution in [0.4, 0.5) is 5.69 Å². The van der Waals surface area contributed by atoms with Gasteiger partial charge in [-0.1, -0.05) is 17.7 Å². The van der Waals surface area contributed by atoms with E-state index in [1.165, 1.54) is 17.4 Å². The first-order valence-electron chi connectivity index (χ1n) is 6.17. The molecule has 0 saturated carbocycles. The quantitative estimate of drug-likeness (QED) is 0.946. The zero-order valence-corrected chi connectivity index (χ0v) is 12.5. The van der Waals surface area contributed by atoms with Gasteiger partial charge in [-0.15, -0.1) is 0 Å². The van der Waals surface area contributed by atoms with Crippen LogP contribution in [-0.4, -0.2) is 20.6 Å². The van der Waals surface area contributed by atoms with Gasteiger partial charge in [-0.25, -0.2) is 8.42 Å². The summed E-state index contributed by atoms with van der Waals surface area (Å²) in [4.78, 5) is 0.247. The molecule has 0 aliphatic carbocycles. The van der Waals surface area contributed by atoms with Crippen LogP contribution in [0.3, 0.4) is 0 Å². The van der Waals surface area contributed by atoms with Crippen molar-refractivity contribution in [3.05, 3.63) is 53.6 Å². The third-order valence-electron chi connectivity index (χ3n) is 3.22. The van der Waals surface area contributed by atoms with E-state index in [1.54, 1.807) is 43.3 Å². The Morgan fingerprint density at radius 1 is 1.00 bits per heavy atom. The maximum Gasteiger partial charge on any atom is 0.264 e. The Balaban J connectivity index is 2.42. The van der Waals surface area contributed by atoms with Crippen molar-refractivity contribution in [3.8, 4) is 5.75 Å². The Bertz CT molecular complexity index is 721. The molecule has 0 heterocycles. The Morgan fingerprint density at radius 2 is 1.60 bits per heavy atom. The zero-order chi connectivity index (χ0) is 14.9. The molecule has 20 heavy (non-hydrogen) atoms. The number of rotatable bonds is 3. The summed E-state index contributed by atoms with van der Waals surface area (Å²) in [6.45, 7) is 3.63. The number of nitrogens with zero attached hydrogens (tertiary/aromatic N) is 1. The van der Waals surface area contributed by atoms with Gasteiger partial charge in [0.25, 0.3) is 10.0 Å². The maximum atomic E-state index is 12.5. The Kier molecular flexibility index (Phi) is 3.72. The first kappa shape index (κ1) is 14.4. The van der Waals surface area contributed by atoms with Crippen LogP contribution in [0.15, 0.2) is 47.4 Å². The van der Waals surface area contributed by atoms with Crippen molar-refractivity contribution >= 4 is 15.7 Å². The third-order valence-corrected chi connectivity index (χ3v) is 5.02. The molecule has 0 atom stereocenters. The third kappa shape index (κ3) is 2.63. The average Bonchev–Trinajstić information content (AvgIpc) is 2.41. The molecule has 0 aliphatic rings. The van der Waals surface area contributed by atoms with E-state index in [2.05, 4.69) is 0 Å². The van der Waals surface area contributed by atoms with Crippen molar-refractivity contribution in [2.45, 2.75) is 18.7 Å². The minimum absolute atomic E-state index is 0.148. The van der Waals surface area contributed by atoms with Crippen LogP contribution in [0.25, 0.3) is 0 Å². The molecule has 2 rings (SSSR count). The van der Waals surface area contributed by atoms with Crippen LogP contribution in [-0.2, 0) is 10.0 Å². The highest BCUT2D eigenvalue weighted by Gasteiger charge is 2.21. The molecule has 0 aliphatic heterocycles. The minimum Gasteiger partial charge on any atom is -0.508 e. The van der Waals surface area contributed by atoms with Gasteiger partial charge in [0.1, 0.15) is 5.75 Å². The number of phenols is 1. The van der Waals surface area contributed by atoms with E-state index < -0.39 is 10.0 Å². The van der Waals surface area contributed by atoms with E-state index in [1.807, 2.05) is 6.92 Å². The predicted molar refractivity (Wildman–Crippen MR) is 79.6 cm³/mol. The number of anilines is 1. The summed E-state index contributed by atoms with van der Waals surface area (Å²) in [6.07, 6.45) is 0. The normalized spacial score (nSPS) is 11.3. The standard InChI is InChI=1S/C15H17NO3S/c1-11-4-7-14(8-5-11)20(18,19)16(3)13-6-9-15(17)12(2)10-13/h4-10,17H,1-3H3. The van der Waals surface area contributed by atoms with E-state index >= 15 is 0 Å². The molecule has 0 amide bonds. The SMILES string of the molecule is Cc1ccc(S(=O)(=O)N(C)c2ccc(O)c(C)c2)cc1. The summed E-state index contributed by atoms with van der Waals surface area (Å²) in [5.41, 5.74) is 2.15. The number of aryl methyl sites for hydroxylation is 2. The number of aromatic hydroxyl groups is 1. The molecular weight excluding hydrogens is 274 g/mol. The fourth-order valence-electron chi connectivity index (χ4n) is 1.84. The van der Waals surface area contributed by atoms with Crippen molar-refractivity contribution in [2.24, 2.45) is 0 Å². The number of phenolic OH excluding ortho intramolecular Hbond substituents is 1. The topological polar surface area (TPSA) is 57.6 Å². The molecule has 0 saturated heterocycles. The molecule has 0 fully saturated rings.